The lowest BCUT2D eigenvalue weighted by molar-refractivity contribution is -0.384. The van der Waals surface area contributed by atoms with E-state index in [-0.39, 0.29) is 28.1 Å². The van der Waals surface area contributed by atoms with Gasteiger partial charge in [0.1, 0.15) is 6.67 Å². The number of nitro benzene ring substituents is 1. The first-order valence-corrected chi connectivity index (χ1v) is 7.97. The maximum Gasteiger partial charge on any atom is 0.337 e. The predicted octanol–water partition coefficient (Wildman–Crippen LogP) is 1.90. The number of anilines is 1. The monoisotopic (exact) mass is 383 g/mol. The molecular weight excluding hydrogens is 370 g/mol. The fraction of sp³-hybridized carbons (Fsp3) is 0.111. The summed E-state index contributed by atoms with van der Waals surface area (Å²) in [5, 5.41) is 20.2. The number of hydrogen-bond acceptors (Lipinski definition) is 6. The highest BCUT2D eigenvalue weighted by Gasteiger charge is 2.38. The van der Waals surface area contributed by atoms with Crippen LogP contribution < -0.4 is 4.90 Å². The third-order valence-electron chi connectivity index (χ3n) is 4.25. The van der Waals surface area contributed by atoms with Gasteiger partial charge in [-0.25, -0.2) is 4.79 Å². The Bertz CT molecular complexity index is 1050. The summed E-state index contributed by atoms with van der Waals surface area (Å²) >= 11 is 0. The molecule has 3 rings (SSSR count). The molecule has 2 aromatic rings. The number of nitro groups is 1. The summed E-state index contributed by atoms with van der Waals surface area (Å²) in [7, 11) is 0. The summed E-state index contributed by atoms with van der Waals surface area (Å²) in [5.74, 6) is -3.40. The molecule has 0 saturated heterocycles. The maximum atomic E-state index is 12.6. The van der Waals surface area contributed by atoms with E-state index in [0.717, 1.165) is 21.9 Å². The van der Waals surface area contributed by atoms with Gasteiger partial charge in [0.05, 0.1) is 27.3 Å². The number of nitrogens with zero attached hydrogens (tertiary/aromatic N) is 3. The Kier molecular flexibility index (Phi) is 4.62. The second-order valence-electron chi connectivity index (χ2n) is 5.94. The molecule has 0 aliphatic carbocycles. The minimum Gasteiger partial charge on any atom is -0.478 e. The summed E-state index contributed by atoms with van der Waals surface area (Å²) < 4.78 is 0. The van der Waals surface area contributed by atoms with Gasteiger partial charge in [0.2, 0.25) is 5.91 Å². The number of aromatic carboxylic acids is 1. The number of carbonyl (C=O) groups excluding carboxylic acids is 3. The topological polar surface area (TPSA) is 138 Å². The molecule has 0 radical (unpaired) electrons. The van der Waals surface area contributed by atoms with Gasteiger partial charge < -0.3 is 5.11 Å². The Morgan fingerprint density at radius 2 is 1.75 bits per heavy atom. The smallest absolute Gasteiger partial charge is 0.337 e. The minimum absolute atomic E-state index is 0.0186. The quantitative estimate of drug-likeness (QED) is 0.473. The molecule has 0 saturated carbocycles. The van der Waals surface area contributed by atoms with E-state index in [1.165, 1.54) is 37.3 Å². The van der Waals surface area contributed by atoms with Crippen molar-refractivity contribution in [3.05, 3.63) is 69.3 Å². The molecular formula is C18H13N3O7. The van der Waals surface area contributed by atoms with Crippen LogP contribution in [-0.2, 0) is 4.79 Å². The summed E-state index contributed by atoms with van der Waals surface area (Å²) in [6, 6.07) is 8.95. The zero-order chi connectivity index (χ0) is 20.6. The van der Waals surface area contributed by atoms with Crippen molar-refractivity contribution >= 4 is 35.1 Å². The Hall–Kier alpha value is -4.08. The van der Waals surface area contributed by atoms with Gasteiger partial charge in [0, 0.05) is 19.1 Å². The Morgan fingerprint density at radius 3 is 2.36 bits per heavy atom. The third-order valence-corrected chi connectivity index (χ3v) is 4.25. The fourth-order valence-corrected chi connectivity index (χ4v) is 2.90. The van der Waals surface area contributed by atoms with Gasteiger partial charge in [0.25, 0.3) is 17.5 Å². The highest BCUT2D eigenvalue weighted by atomic mass is 16.6. The molecule has 0 unspecified atom stereocenters. The molecule has 28 heavy (non-hydrogen) atoms. The summed E-state index contributed by atoms with van der Waals surface area (Å²) in [4.78, 5) is 60.7. The molecule has 1 aliphatic rings. The molecule has 1 aliphatic heterocycles. The highest BCUT2D eigenvalue weighted by Crippen LogP contribution is 2.28. The van der Waals surface area contributed by atoms with Crippen LogP contribution in [0.1, 0.15) is 38.0 Å². The second-order valence-corrected chi connectivity index (χ2v) is 5.94. The van der Waals surface area contributed by atoms with Crippen LogP contribution in [0.4, 0.5) is 11.4 Å². The van der Waals surface area contributed by atoms with E-state index in [2.05, 4.69) is 0 Å². The van der Waals surface area contributed by atoms with Crippen LogP contribution >= 0.6 is 0 Å². The summed E-state index contributed by atoms with van der Waals surface area (Å²) in [6.07, 6.45) is 0. The standard InChI is InChI=1S/C18H13N3O7/c1-10(22)19(15-5-3-2-4-13(15)18(25)26)9-20-16(23)12-7-6-11(21(27)28)8-14(12)17(20)24/h2-8H,9H2,1H3,(H,25,26). The predicted molar refractivity (Wildman–Crippen MR) is 95.0 cm³/mol. The van der Waals surface area contributed by atoms with E-state index < -0.39 is 35.3 Å². The lowest BCUT2D eigenvalue weighted by atomic mass is 10.1. The van der Waals surface area contributed by atoms with Crippen LogP contribution in [0.25, 0.3) is 0 Å². The number of rotatable bonds is 5. The minimum atomic E-state index is -1.28. The normalized spacial score (nSPS) is 12.7. The SMILES string of the molecule is CC(=O)N(CN1C(=O)c2ccc([N+](=O)[O-])cc2C1=O)c1ccccc1C(=O)O. The maximum absolute atomic E-state index is 12.6. The van der Waals surface area contributed by atoms with Gasteiger partial charge in [-0.2, -0.15) is 0 Å². The first-order chi connectivity index (χ1) is 13.2. The highest BCUT2D eigenvalue weighted by molar-refractivity contribution is 6.22. The van der Waals surface area contributed by atoms with Crippen molar-refractivity contribution in [1.82, 2.24) is 4.90 Å². The van der Waals surface area contributed by atoms with Crippen LogP contribution in [0.3, 0.4) is 0 Å². The van der Waals surface area contributed by atoms with Gasteiger partial charge in [0.15, 0.2) is 0 Å². The van der Waals surface area contributed by atoms with E-state index in [1.54, 1.807) is 0 Å². The molecule has 0 aromatic heterocycles. The number of imide groups is 1. The molecule has 1 heterocycles. The van der Waals surface area contributed by atoms with Crippen molar-refractivity contribution in [2.45, 2.75) is 6.92 Å². The number of fused-ring (bicyclic) bond motifs is 1. The number of carboxylic acid groups (broad SMARTS) is 1. The zero-order valence-electron chi connectivity index (χ0n) is 14.5. The molecule has 0 bridgehead atoms. The molecule has 0 spiro atoms. The number of amides is 3. The van der Waals surface area contributed by atoms with Crippen LogP contribution in [0.15, 0.2) is 42.5 Å². The summed E-state index contributed by atoms with van der Waals surface area (Å²) in [5.41, 5.74) is -0.670. The average molecular weight is 383 g/mol. The van der Waals surface area contributed by atoms with Crippen LogP contribution in [0.5, 0.6) is 0 Å². The van der Waals surface area contributed by atoms with Gasteiger partial charge in [-0.3, -0.25) is 34.3 Å². The van der Waals surface area contributed by atoms with E-state index in [1.807, 2.05) is 0 Å². The van der Waals surface area contributed by atoms with Crippen molar-refractivity contribution < 1.29 is 29.2 Å². The number of carboxylic acids is 1. The lowest BCUT2D eigenvalue weighted by Gasteiger charge is -2.27. The van der Waals surface area contributed by atoms with Gasteiger partial charge in [-0.1, -0.05) is 12.1 Å². The molecule has 3 amide bonds. The Balaban J connectivity index is 1.99. The average Bonchev–Trinajstić information content (AvgIpc) is 2.89. The number of para-hydroxylation sites is 1. The summed E-state index contributed by atoms with van der Waals surface area (Å²) in [6.45, 7) is 0.640. The van der Waals surface area contributed by atoms with E-state index in [0.29, 0.717) is 0 Å². The van der Waals surface area contributed by atoms with Crippen molar-refractivity contribution in [2.75, 3.05) is 11.6 Å². The van der Waals surface area contributed by atoms with Crippen molar-refractivity contribution in [2.24, 2.45) is 0 Å². The fourth-order valence-electron chi connectivity index (χ4n) is 2.90. The first kappa shape index (κ1) is 18.7. The van der Waals surface area contributed by atoms with E-state index >= 15 is 0 Å². The van der Waals surface area contributed by atoms with Crippen LogP contribution in [0, 0.1) is 10.1 Å². The van der Waals surface area contributed by atoms with Gasteiger partial charge in [-0.05, 0) is 18.2 Å². The molecule has 2 aromatic carbocycles. The number of hydrogen-bond donors (Lipinski definition) is 1. The number of carbonyl (C=O) groups is 4. The molecule has 10 nitrogen and oxygen atoms in total. The zero-order valence-corrected chi connectivity index (χ0v) is 14.5. The molecule has 142 valence electrons. The third kappa shape index (κ3) is 3.07. The lowest BCUT2D eigenvalue weighted by Crippen LogP contribution is -2.44. The van der Waals surface area contributed by atoms with E-state index in [9.17, 15) is 34.4 Å². The number of non-ortho nitro benzene ring substituents is 1. The largest absolute Gasteiger partial charge is 0.478 e. The van der Waals surface area contributed by atoms with Gasteiger partial charge in [-0.15, -0.1) is 0 Å². The first-order valence-electron chi connectivity index (χ1n) is 7.97. The van der Waals surface area contributed by atoms with Crippen molar-refractivity contribution in [1.29, 1.82) is 0 Å². The molecule has 0 fully saturated rings. The Labute approximate surface area is 157 Å². The Morgan fingerprint density at radius 1 is 1.11 bits per heavy atom. The van der Waals surface area contributed by atoms with Crippen molar-refractivity contribution in [3.63, 3.8) is 0 Å². The van der Waals surface area contributed by atoms with Gasteiger partial charge >= 0.3 is 5.97 Å². The molecule has 10 heteroatoms. The van der Waals surface area contributed by atoms with Crippen LogP contribution in [0.2, 0.25) is 0 Å². The van der Waals surface area contributed by atoms with E-state index in [4.69, 9.17) is 0 Å². The number of benzene rings is 2. The van der Waals surface area contributed by atoms with Crippen molar-refractivity contribution in [3.8, 4) is 0 Å². The second kappa shape index (κ2) is 6.91. The molecule has 0 atom stereocenters. The molecule has 1 N–H and O–H groups in total. The van der Waals surface area contributed by atoms with Crippen LogP contribution in [-0.4, -0.2) is 45.3 Å².